The van der Waals surface area contributed by atoms with Crippen LogP contribution in [-0.4, -0.2) is 35.0 Å². The molecule has 1 atom stereocenters. The molecule has 4 heterocycles. The fourth-order valence-electron chi connectivity index (χ4n) is 4.23. The summed E-state index contributed by atoms with van der Waals surface area (Å²) in [5, 5.41) is 7.39. The molecule has 0 unspecified atom stereocenters. The van der Waals surface area contributed by atoms with Crippen molar-refractivity contribution in [1.82, 2.24) is 34.4 Å². The highest BCUT2D eigenvalue weighted by Gasteiger charge is 2.32. The molecule has 1 aromatic carbocycles. The number of benzene rings is 1. The molecule has 1 N–H and O–H groups in total. The van der Waals surface area contributed by atoms with Crippen LogP contribution in [0.25, 0.3) is 17.2 Å². The fourth-order valence-corrected chi connectivity index (χ4v) is 4.23. The van der Waals surface area contributed by atoms with E-state index in [1.165, 1.54) is 0 Å². The molecule has 0 aliphatic carbocycles. The van der Waals surface area contributed by atoms with E-state index >= 15 is 0 Å². The molecule has 3 aromatic heterocycles. The van der Waals surface area contributed by atoms with Crippen molar-refractivity contribution in [2.75, 3.05) is 0 Å². The third-order valence-corrected chi connectivity index (χ3v) is 6.21. The van der Waals surface area contributed by atoms with Crippen molar-refractivity contribution in [2.45, 2.75) is 52.4 Å². The number of imidazole rings is 1. The van der Waals surface area contributed by atoms with Gasteiger partial charge in [-0.1, -0.05) is 38.1 Å². The molecule has 35 heavy (non-hydrogen) atoms. The summed E-state index contributed by atoms with van der Waals surface area (Å²) in [6.07, 6.45) is -0.612. The Labute approximate surface area is 199 Å². The van der Waals surface area contributed by atoms with Gasteiger partial charge in [0.1, 0.15) is 11.5 Å². The Morgan fingerprint density at radius 3 is 2.69 bits per heavy atom. The van der Waals surface area contributed by atoms with Crippen molar-refractivity contribution in [2.24, 2.45) is 5.92 Å². The van der Waals surface area contributed by atoms with Crippen LogP contribution in [0.5, 0.6) is 0 Å². The van der Waals surface area contributed by atoms with E-state index in [-0.39, 0.29) is 18.0 Å². The van der Waals surface area contributed by atoms with Crippen molar-refractivity contribution in [3.8, 4) is 11.4 Å². The van der Waals surface area contributed by atoms with Gasteiger partial charge < -0.3 is 5.32 Å². The number of carbonyl (C=O) groups is 1. The van der Waals surface area contributed by atoms with E-state index in [9.17, 15) is 18.0 Å². The lowest BCUT2D eigenvalue weighted by Gasteiger charge is -2.17. The Morgan fingerprint density at radius 2 is 1.97 bits per heavy atom. The van der Waals surface area contributed by atoms with Crippen LogP contribution in [0.4, 0.5) is 13.2 Å². The van der Waals surface area contributed by atoms with Gasteiger partial charge in [-0.2, -0.15) is 18.3 Å². The minimum Gasteiger partial charge on any atom is -0.347 e. The number of hydrogen-bond donors (Lipinski definition) is 1. The van der Waals surface area contributed by atoms with Crippen molar-refractivity contribution in [1.29, 1.82) is 0 Å². The molecule has 0 saturated heterocycles. The number of carbonyl (C=O) groups excluding carboxylic acids is 1. The zero-order valence-electron chi connectivity index (χ0n) is 19.3. The summed E-state index contributed by atoms with van der Waals surface area (Å²) in [5.41, 5.74) is 1.21. The maximum absolute atomic E-state index is 13.2. The lowest BCUT2D eigenvalue weighted by atomic mass is 10.0. The molecule has 0 spiro atoms. The normalized spacial score (nSPS) is 15.9. The molecule has 8 nitrogen and oxygen atoms in total. The fraction of sp³-hybridized carbons (Fsp3) is 0.375. The molecular formula is C24H24F3N7O. The van der Waals surface area contributed by atoms with Crippen LogP contribution in [-0.2, 0) is 32.1 Å². The van der Waals surface area contributed by atoms with E-state index in [4.69, 9.17) is 0 Å². The number of fused-ring (bicyclic) bond motifs is 2. The first-order valence-electron chi connectivity index (χ1n) is 11.5. The molecule has 1 amide bonds. The van der Waals surface area contributed by atoms with Crippen LogP contribution in [0.1, 0.15) is 53.4 Å². The van der Waals surface area contributed by atoms with Crippen LogP contribution in [0.3, 0.4) is 0 Å². The van der Waals surface area contributed by atoms with Gasteiger partial charge in [0.15, 0.2) is 5.82 Å². The predicted molar refractivity (Wildman–Crippen MR) is 121 cm³/mol. The minimum absolute atomic E-state index is 0.0500. The zero-order chi connectivity index (χ0) is 24.7. The quantitative estimate of drug-likeness (QED) is 0.462. The number of aryl methyl sites for hydroxylation is 2. The van der Waals surface area contributed by atoms with Gasteiger partial charge in [0, 0.05) is 37.5 Å². The largest absolute Gasteiger partial charge is 0.419 e. The van der Waals surface area contributed by atoms with Crippen LogP contribution in [0.2, 0.25) is 0 Å². The number of amides is 1. The van der Waals surface area contributed by atoms with E-state index in [0.29, 0.717) is 23.9 Å². The number of aromatic nitrogens is 6. The molecular weight excluding hydrogens is 459 g/mol. The average molecular weight is 483 g/mol. The third kappa shape index (κ3) is 4.50. The maximum atomic E-state index is 13.2. The highest BCUT2D eigenvalue weighted by Crippen LogP contribution is 2.29. The smallest absolute Gasteiger partial charge is 0.347 e. The average Bonchev–Trinajstić information content (AvgIpc) is 3.42. The zero-order valence-corrected chi connectivity index (χ0v) is 19.3. The number of nitrogens with one attached hydrogen (secondary N) is 1. The first kappa shape index (κ1) is 23.0. The van der Waals surface area contributed by atoms with E-state index in [1.54, 1.807) is 6.92 Å². The van der Waals surface area contributed by atoms with Crippen molar-refractivity contribution in [3.05, 3.63) is 65.0 Å². The summed E-state index contributed by atoms with van der Waals surface area (Å²) in [6.45, 7) is 5.07. The van der Waals surface area contributed by atoms with Crippen LogP contribution in [0, 0.1) is 5.92 Å². The monoisotopic (exact) mass is 483 g/mol. The first-order valence-corrected chi connectivity index (χ1v) is 11.5. The maximum Gasteiger partial charge on any atom is 0.419 e. The van der Waals surface area contributed by atoms with Gasteiger partial charge in [0.05, 0.1) is 11.3 Å². The summed E-state index contributed by atoms with van der Waals surface area (Å²) >= 11 is 0. The molecule has 1 aliphatic heterocycles. The molecule has 0 saturated carbocycles. The lowest BCUT2D eigenvalue weighted by Crippen LogP contribution is -2.25. The van der Waals surface area contributed by atoms with Crippen LogP contribution in [0.15, 0.2) is 36.7 Å². The van der Waals surface area contributed by atoms with Crippen LogP contribution >= 0.6 is 0 Å². The Bertz CT molecular complexity index is 1390. The number of hydrogen-bond acceptors (Lipinski definition) is 5. The number of nitrogens with zero attached hydrogens (tertiary/aromatic N) is 6. The Balaban J connectivity index is 1.32. The van der Waals surface area contributed by atoms with Gasteiger partial charge in [-0.3, -0.25) is 9.20 Å². The molecule has 182 valence electrons. The highest BCUT2D eigenvalue weighted by molar-refractivity contribution is 5.94. The topological polar surface area (TPSA) is 90.0 Å². The number of rotatable bonds is 5. The van der Waals surface area contributed by atoms with Gasteiger partial charge >= 0.3 is 6.18 Å². The minimum atomic E-state index is -4.57. The molecule has 1 aliphatic rings. The standard InChI is InChI=1S/C24H24F3N7O/c1-3-18-20(33-13-17(24(25,26)27)12-29-23(33)30-18)22(35)28-11-15-4-6-16(7-5-15)21-31-19-10-14(2)8-9-34(19)32-21/h4-7,12-14H,3,8-11H2,1-2H3,(H,28,35)/t14-/m0/s1. The van der Waals surface area contributed by atoms with Gasteiger partial charge in [-0.05, 0) is 24.3 Å². The number of alkyl halides is 3. The van der Waals surface area contributed by atoms with Gasteiger partial charge in [0.25, 0.3) is 5.91 Å². The summed E-state index contributed by atoms with van der Waals surface area (Å²) in [5.74, 6) is 1.81. The highest BCUT2D eigenvalue weighted by atomic mass is 19.4. The molecule has 0 radical (unpaired) electrons. The molecule has 0 fully saturated rings. The summed E-state index contributed by atoms with van der Waals surface area (Å²) in [7, 11) is 0. The predicted octanol–water partition coefficient (Wildman–Crippen LogP) is 4.08. The SMILES string of the molecule is CCc1nc2ncc(C(F)(F)F)cn2c1C(=O)NCc1ccc(-c2nc3n(n2)CC[C@H](C)C3)cc1. The Kier molecular flexibility index (Phi) is 5.78. The first-order chi connectivity index (χ1) is 16.7. The summed E-state index contributed by atoms with van der Waals surface area (Å²) in [4.78, 5) is 25.6. The second-order valence-corrected chi connectivity index (χ2v) is 8.82. The molecule has 4 aromatic rings. The Morgan fingerprint density at radius 1 is 1.20 bits per heavy atom. The van der Waals surface area contributed by atoms with Crippen LogP contribution < -0.4 is 5.32 Å². The summed E-state index contributed by atoms with van der Waals surface area (Å²) in [6, 6.07) is 7.54. The second-order valence-electron chi connectivity index (χ2n) is 8.82. The van der Waals surface area contributed by atoms with E-state index in [1.807, 2.05) is 28.9 Å². The molecule has 11 heteroatoms. The Hall–Kier alpha value is -3.76. The number of halogens is 3. The third-order valence-electron chi connectivity index (χ3n) is 6.21. The van der Waals surface area contributed by atoms with Crippen molar-refractivity contribution >= 4 is 11.7 Å². The van der Waals surface area contributed by atoms with Crippen molar-refractivity contribution < 1.29 is 18.0 Å². The van der Waals surface area contributed by atoms with Gasteiger partial charge in [0.2, 0.25) is 5.78 Å². The van der Waals surface area contributed by atoms with E-state index in [0.717, 1.165) is 53.1 Å². The molecule has 0 bridgehead atoms. The van der Waals surface area contributed by atoms with E-state index < -0.39 is 17.6 Å². The van der Waals surface area contributed by atoms with Gasteiger partial charge in [-0.25, -0.2) is 19.6 Å². The summed E-state index contributed by atoms with van der Waals surface area (Å²) < 4.78 is 42.6. The molecule has 5 rings (SSSR count). The van der Waals surface area contributed by atoms with Gasteiger partial charge in [-0.15, -0.1) is 0 Å². The second kappa shape index (κ2) is 8.79. The van der Waals surface area contributed by atoms with E-state index in [2.05, 4.69) is 32.3 Å². The lowest BCUT2D eigenvalue weighted by molar-refractivity contribution is -0.138. The van der Waals surface area contributed by atoms with Crippen molar-refractivity contribution in [3.63, 3.8) is 0 Å².